The molecule has 0 spiro atoms. The van der Waals surface area contributed by atoms with Gasteiger partial charge in [0.1, 0.15) is 0 Å². The van der Waals surface area contributed by atoms with E-state index >= 15 is 0 Å². The molecule has 1 atom stereocenters. The second-order valence-electron chi connectivity index (χ2n) is 5.45. The fourth-order valence-corrected chi connectivity index (χ4v) is 2.78. The van der Waals surface area contributed by atoms with Crippen molar-refractivity contribution in [1.82, 2.24) is 0 Å². The Bertz CT molecular complexity index is 301. The zero-order chi connectivity index (χ0) is 15.3. The molecule has 0 amide bonds. The third kappa shape index (κ3) is 12.9. The van der Waals surface area contributed by atoms with Gasteiger partial charge in [-0.3, -0.25) is 4.18 Å². The first-order chi connectivity index (χ1) is 9.52. The van der Waals surface area contributed by atoms with Gasteiger partial charge in [0.2, 0.25) is 0 Å². The monoisotopic (exact) mass is 308 g/mol. The maximum absolute atomic E-state index is 11.0. The van der Waals surface area contributed by atoms with Crippen LogP contribution in [0.5, 0.6) is 0 Å². The molecule has 0 N–H and O–H groups in total. The van der Waals surface area contributed by atoms with E-state index in [-0.39, 0.29) is 6.10 Å². The van der Waals surface area contributed by atoms with Crippen molar-refractivity contribution in [1.29, 1.82) is 0 Å². The van der Waals surface area contributed by atoms with Gasteiger partial charge in [-0.05, 0) is 13.3 Å². The molecule has 20 heavy (non-hydrogen) atoms. The van der Waals surface area contributed by atoms with Gasteiger partial charge in [0.15, 0.2) is 0 Å². The number of unbranched alkanes of at least 4 members (excludes halogenated alkanes) is 9. The third-order valence-corrected chi connectivity index (χ3v) is 4.42. The normalized spacial score (nSPS) is 13.6. The molecule has 122 valence electrons. The minimum Gasteiger partial charge on any atom is -0.252 e. The molecule has 0 fully saturated rings. The highest BCUT2D eigenvalue weighted by Gasteiger charge is 2.14. The molecule has 0 bridgehead atoms. The van der Waals surface area contributed by atoms with Crippen molar-refractivity contribution >= 4 is 10.4 Å². The first kappa shape index (κ1) is 19.9. The van der Waals surface area contributed by atoms with Crippen LogP contribution in [0.25, 0.3) is 0 Å². The lowest BCUT2D eigenvalue weighted by molar-refractivity contribution is 0.173. The van der Waals surface area contributed by atoms with E-state index in [9.17, 15) is 8.42 Å². The molecule has 0 aromatic rings. The Kier molecular flexibility index (Phi) is 12.5. The Balaban J connectivity index is 3.31. The van der Waals surface area contributed by atoms with E-state index in [0.717, 1.165) is 26.4 Å². The summed E-state index contributed by atoms with van der Waals surface area (Å²) < 4.78 is 31.2. The van der Waals surface area contributed by atoms with Crippen molar-refractivity contribution in [3.8, 4) is 0 Å². The Hall–Kier alpha value is -0.130. The number of hydrogen-bond donors (Lipinski definition) is 0. The van der Waals surface area contributed by atoms with Crippen LogP contribution >= 0.6 is 0 Å². The first-order valence-electron chi connectivity index (χ1n) is 8.00. The molecular formula is C15H32O4S. The zero-order valence-electron chi connectivity index (χ0n) is 13.4. The Labute approximate surface area is 125 Å². The van der Waals surface area contributed by atoms with Gasteiger partial charge in [0, 0.05) is 0 Å². The molecule has 4 nitrogen and oxygen atoms in total. The van der Waals surface area contributed by atoms with Crippen LogP contribution in [0, 0.1) is 0 Å². The molecule has 0 heterocycles. The minimum absolute atomic E-state index is 0.297. The van der Waals surface area contributed by atoms with Gasteiger partial charge in [-0.15, -0.1) is 0 Å². The summed E-state index contributed by atoms with van der Waals surface area (Å²) in [7, 11) is -2.67. The van der Waals surface area contributed by atoms with Gasteiger partial charge in [0.05, 0.1) is 13.2 Å². The standard InChI is InChI=1S/C15H32O4S/c1-4-5-6-7-8-9-10-11-12-13-14-15(2)19-20(16,17)18-3/h15H,4-14H2,1-3H3. The second kappa shape index (κ2) is 12.6. The molecule has 0 rings (SSSR count). The van der Waals surface area contributed by atoms with Crippen LogP contribution < -0.4 is 0 Å². The fourth-order valence-electron chi connectivity index (χ4n) is 2.21. The lowest BCUT2D eigenvalue weighted by Gasteiger charge is -2.11. The molecule has 0 saturated carbocycles. The van der Waals surface area contributed by atoms with Crippen LogP contribution in [-0.2, 0) is 18.8 Å². The summed E-state index contributed by atoms with van der Waals surface area (Å²) in [5.41, 5.74) is 0. The molecular weight excluding hydrogens is 276 g/mol. The molecule has 0 radical (unpaired) electrons. The number of hydrogen-bond acceptors (Lipinski definition) is 4. The van der Waals surface area contributed by atoms with Gasteiger partial charge < -0.3 is 0 Å². The predicted molar refractivity (Wildman–Crippen MR) is 82.9 cm³/mol. The summed E-state index contributed by atoms with van der Waals surface area (Å²) in [5, 5.41) is 0. The fraction of sp³-hybridized carbons (Fsp3) is 1.00. The van der Waals surface area contributed by atoms with E-state index in [0.29, 0.717) is 0 Å². The average Bonchev–Trinajstić information content (AvgIpc) is 2.40. The highest BCUT2D eigenvalue weighted by Crippen LogP contribution is 2.13. The first-order valence-corrected chi connectivity index (χ1v) is 9.34. The van der Waals surface area contributed by atoms with Crippen molar-refractivity contribution in [3.63, 3.8) is 0 Å². The molecule has 0 saturated heterocycles. The molecule has 5 heteroatoms. The molecule has 1 unspecified atom stereocenters. The number of rotatable bonds is 14. The van der Waals surface area contributed by atoms with Gasteiger partial charge in [-0.1, -0.05) is 71.1 Å². The quantitative estimate of drug-likeness (QED) is 0.440. The Morgan fingerprint density at radius 1 is 0.850 bits per heavy atom. The van der Waals surface area contributed by atoms with E-state index in [1.807, 2.05) is 0 Å². The van der Waals surface area contributed by atoms with Crippen molar-refractivity contribution in [2.24, 2.45) is 0 Å². The smallest absolute Gasteiger partial charge is 0.252 e. The topological polar surface area (TPSA) is 52.6 Å². The molecule has 0 aromatic heterocycles. The van der Waals surface area contributed by atoms with Gasteiger partial charge in [-0.25, -0.2) is 4.18 Å². The SMILES string of the molecule is CCCCCCCCCCCCC(C)OS(=O)(=O)OC. The lowest BCUT2D eigenvalue weighted by atomic mass is 10.1. The highest BCUT2D eigenvalue weighted by atomic mass is 32.3. The van der Waals surface area contributed by atoms with Crippen LogP contribution in [0.1, 0.15) is 84.5 Å². The molecule has 0 aliphatic rings. The summed E-state index contributed by atoms with van der Waals surface area (Å²) in [5.74, 6) is 0. The average molecular weight is 308 g/mol. The lowest BCUT2D eigenvalue weighted by Crippen LogP contribution is -2.16. The predicted octanol–water partition coefficient (Wildman–Crippen LogP) is 4.59. The molecule has 0 aliphatic carbocycles. The summed E-state index contributed by atoms with van der Waals surface area (Å²) in [6, 6.07) is 0. The van der Waals surface area contributed by atoms with E-state index in [1.54, 1.807) is 6.92 Å². The van der Waals surface area contributed by atoms with E-state index in [4.69, 9.17) is 4.18 Å². The Morgan fingerprint density at radius 2 is 1.30 bits per heavy atom. The van der Waals surface area contributed by atoms with E-state index in [1.165, 1.54) is 51.4 Å². The zero-order valence-corrected chi connectivity index (χ0v) is 14.2. The molecule has 0 aliphatic heterocycles. The summed E-state index contributed by atoms with van der Waals surface area (Å²) in [4.78, 5) is 0. The van der Waals surface area contributed by atoms with Crippen LogP contribution in [0.2, 0.25) is 0 Å². The van der Waals surface area contributed by atoms with Gasteiger partial charge in [0.25, 0.3) is 0 Å². The van der Waals surface area contributed by atoms with Crippen molar-refractivity contribution < 1.29 is 16.8 Å². The van der Waals surface area contributed by atoms with Crippen LogP contribution in [0.4, 0.5) is 0 Å². The van der Waals surface area contributed by atoms with E-state index in [2.05, 4.69) is 11.1 Å². The molecule has 0 aromatic carbocycles. The third-order valence-electron chi connectivity index (χ3n) is 3.45. The minimum atomic E-state index is -3.78. The summed E-state index contributed by atoms with van der Waals surface area (Å²) in [6.07, 6.45) is 13.2. The second-order valence-corrected chi connectivity index (χ2v) is 6.79. The van der Waals surface area contributed by atoms with Crippen LogP contribution in [-0.4, -0.2) is 21.6 Å². The van der Waals surface area contributed by atoms with Crippen LogP contribution in [0.3, 0.4) is 0 Å². The highest BCUT2D eigenvalue weighted by molar-refractivity contribution is 7.81. The van der Waals surface area contributed by atoms with Crippen LogP contribution in [0.15, 0.2) is 0 Å². The summed E-state index contributed by atoms with van der Waals surface area (Å²) >= 11 is 0. The van der Waals surface area contributed by atoms with Crippen molar-refractivity contribution in [2.45, 2.75) is 90.6 Å². The van der Waals surface area contributed by atoms with Crippen molar-refractivity contribution in [2.75, 3.05) is 7.11 Å². The maximum Gasteiger partial charge on any atom is 0.399 e. The Morgan fingerprint density at radius 3 is 1.75 bits per heavy atom. The maximum atomic E-state index is 11.0. The van der Waals surface area contributed by atoms with Gasteiger partial charge in [-0.2, -0.15) is 8.42 Å². The van der Waals surface area contributed by atoms with E-state index < -0.39 is 10.4 Å². The van der Waals surface area contributed by atoms with Crippen molar-refractivity contribution in [3.05, 3.63) is 0 Å². The largest absolute Gasteiger partial charge is 0.399 e. The summed E-state index contributed by atoms with van der Waals surface area (Å²) in [6.45, 7) is 4.01. The van der Waals surface area contributed by atoms with Gasteiger partial charge >= 0.3 is 10.4 Å².